The van der Waals surface area contributed by atoms with Gasteiger partial charge in [-0.05, 0) is 54.6 Å². The molecule has 36 heavy (non-hydrogen) atoms. The number of ether oxygens (including phenoxy) is 1. The van der Waals surface area contributed by atoms with E-state index in [9.17, 15) is 31.2 Å². The topological polar surface area (TPSA) is 115 Å². The van der Waals surface area contributed by atoms with Gasteiger partial charge in [0.25, 0.3) is 15.9 Å². The summed E-state index contributed by atoms with van der Waals surface area (Å²) in [4.78, 5) is 23.7. The lowest BCUT2D eigenvalue weighted by molar-refractivity contribution is -0.137. The lowest BCUT2D eigenvalue weighted by Crippen LogP contribution is -2.20. The van der Waals surface area contributed by atoms with Crippen LogP contribution in [0.2, 0.25) is 0 Å². The zero-order chi connectivity index (χ0) is 25.9. The predicted molar refractivity (Wildman–Crippen MR) is 125 cm³/mol. The maximum absolute atomic E-state index is 12.7. The van der Waals surface area contributed by atoms with Gasteiger partial charge in [-0.25, -0.2) is 8.42 Å². The highest BCUT2D eigenvalue weighted by molar-refractivity contribution is 7.92. The molecule has 0 atom stereocenters. The van der Waals surface area contributed by atoms with Crippen molar-refractivity contribution in [1.82, 2.24) is 0 Å². The molecule has 0 saturated carbocycles. The van der Waals surface area contributed by atoms with E-state index >= 15 is 0 Å². The van der Waals surface area contributed by atoms with Crippen molar-refractivity contribution in [2.75, 3.05) is 16.6 Å². The second-order valence-electron chi connectivity index (χ2n) is 7.49. The van der Waals surface area contributed by atoms with Crippen molar-refractivity contribution in [1.29, 1.82) is 0 Å². The Morgan fingerprint density at radius 2 is 1.67 bits per heavy atom. The van der Waals surface area contributed by atoms with E-state index < -0.39 is 27.7 Å². The molecule has 0 aliphatic heterocycles. The van der Waals surface area contributed by atoms with E-state index in [4.69, 9.17) is 9.15 Å². The zero-order valence-electron chi connectivity index (χ0n) is 18.2. The molecule has 3 aromatic carbocycles. The van der Waals surface area contributed by atoms with Crippen LogP contribution >= 0.6 is 0 Å². The number of hydrogen-bond acceptors (Lipinski definition) is 6. The van der Waals surface area contributed by atoms with E-state index in [-0.39, 0.29) is 28.3 Å². The maximum Gasteiger partial charge on any atom is 0.416 e. The average molecular weight is 518 g/mol. The first-order chi connectivity index (χ1) is 17.0. The van der Waals surface area contributed by atoms with Crippen molar-refractivity contribution in [3.05, 3.63) is 94.8 Å². The number of anilines is 2. The molecule has 0 bridgehead atoms. The smallest absolute Gasteiger partial charge is 0.416 e. The van der Waals surface area contributed by atoms with Gasteiger partial charge in [0, 0.05) is 17.8 Å². The minimum absolute atomic E-state index is 0.0816. The number of sulfonamides is 1. The molecule has 0 aliphatic rings. The molecule has 1 heterocycles. The number of alkyl halides is 3. The SMILES string of the molecule is O=C(COc1ccc2c(=O)ccoc2c1)Nc1cccc(NS(=O)(=O)c2ccc(C(F)(F)F)cc2)c1. The van der Waals surface area contributed by atoms with Crippen LogP contribution in [0, 0.1) is 0 Å². The number of rotatable bonds is 7. The Morgan fingerprint density at radius 3 is 2.39 bits per heavy atom. The summed E-state index contributed by atoms with van der Waals surface area (Å²) in [5.41, 5.74) is -0.552. The number of benzene rings is 3. The van der Waals surface area contributed by atoms with E-state index in [0.717, 1.165) is 12.1 Å². The monoisotopic (exact) mass is 518 g/mol. The fraction of sp³-hybridized carbons (Fsp3) is 0.0833. The number of hydrogen-bond donors (Lipinski definition) is 2. The number of halogens is 3. The van der Waals surface area contributed by atoms with Crippen LogP contribution in [0.4, 0.5) is 24.5 Å². The molecule has 0 saturated heterocycles. The first-order valence-corrected chi connectivity index (χ1v) is 11.7. The fourth-order valence-electron chi connectivity index (χ4n) is 3.20. The van der Waals surface area contributed by atoms with E-state index in [1.54, 1.807) is 0 Å². The normalized spacial score (nSPS) is 11.8. The van der Waals surface area contributed by atoms with E-state index in [2.05, 4.69) is 10.0 Å². The molecule has 1 amide bonds. The van der Waals surface area contributed by atoms with Gasteiger partial charge in [-0.15, -0.1) is 0 Å². The highest BCUT2D eigenvalue weighted by Gasteiger charge is 2.30. The Morgan fingerprint density at radius 1 is 0.944 bits per heavy atom. The lowest BCUT2D eigenvalue weighted by atomic mass is 10.2. The van der Waals surface area contributed by atoms with E-state index in [1.807, 2.05) is 0 Å². The van der Waals surface area contributed by atoms with Gasteiger partial charge in [0.1, 0.15) is 11.3 Å². The van der Waals surface area contributed by atoms with E-state index in [0.29, 0.717) is 28.9 Å². The van der Waals surface area contributed by atoms with Crippen LogP contribution in [0.3, 0.4) is 0 Å². The minimum atomic E-state index is -4.59. The van der Waals surface area contributed by atoms with Crippen LogP contribution in [0.1, 0.15) is 5.56 Å². The summed E-state index contributed by atoms with van der Waals surface area (Å²) < 4.78 is 76.2. The standard InChI is InChI=1S/C24H17F3N2O6S/c25-24(26,27)15-4-7-19(8-5-15)36(32,33)29-17-3-1-2-16(12-17)28-23(31)14-35-18-6-9-20-21(30)10-11-34-22(20)13-18/h1-13,29H,14H2,(H,28,31). The molecular weight excluding hydrogens is 501 g/mol. The Bertz CT molecular complexity index is 1580. The van der Waals surface area contributed by atoms with E-state index in [1.165, 1.54) is 54.8 Å². The highest BCUT2D eigenvalue weighted by Crippen LogP contribution is 2.30. The van der Waals surface area contributed by atoms with Crippen LogP contribution in [0.25, 0.3) is 11.0 Å². The first kappa shape index (κ1) is 24.8. The number of nitrogens with one attached hydrogen (secondary N) is 2. The molecule has 4 aromatic rings. The molecule has 2 N–H and O–H groups in total. The molecular formula is C24H17F3N2O6S. The first-order valence-electron chi connectivity index (χ1n) is 10.3. The molecule has 0 aliphatic carbocycles. The van der Waals surface area contributed by atoms with Gasteiger partial charge in [0.05, 0.1) is 27.8 Å². The predicted octanol–water partition coefficient (Wildman–Crippen LogP) is 4.63. The zero-order valence-corrected chi connectivity index (χ0v) is 19.0. The summed E-state index contributed by atoms with van der Waals surface area (Å²) in [6, 6.07) is 14.6. The Balaban J connectivity index is 1.39. The molecule has 186 valence electrons. The third-order valence-corrected chi connectivity index (χ3v) is 6.29. The average Bonchev–Trinajstić information content (AvgIpc) is 2.82. The van der Waals surface area contributed by atoms with Gasteiger partial charge in [0.2, 0.25) is 0 Å². The number of fused-ring (bicyclic) bond motifs is 1. The van der Waals surface area contributed by atoms with Gasteiger partial charge in [-0.2, -0.15) is 13.2 Å². The Hall–Kier alpha value is -4.32. The molecule has 0 unspecified atom stereocenters. The highest BCUT2D eigenvalue weighted by atomic mass is 32.2. The molecule has 8 nitrogen and oxygen atoms in total. The Kier molecular flexibility index (Phi) is 6.71. The van der Waals surface area contributed by atoms with Crippen molar-refractivity contribution in [2.24, 2.45) is 0 Å². The molecule has 1 aromatic heterocycles. The summed E-state index contributed by atoms with van der Waals surface area (Å²) in [6.07, 6.45) is -3.34. The summed E-state index contributed by atoms with van der Waals surface area (Å²) in [7, 11) is -4.17. The second kappa shape index (κ2) is 9.74. The van der Waals surface area contributed by atoms with Crippen LogP contribution in [-0.4, -0.2) is 20.9 Å². The van der Waals surface area contributed by atoms with Gasteiger partial charge in [-0.3, -0.25) is 14.3 Å². The largest absolute Gasteiger partial charge is 0.484 e. The van der Waals surface area contributed by atoms with Crippen LogP contribution in [0.15, 0.2) is 93.2 Å². The molecule has 0 fully saturated rings. The van der Waals surface area contributed by atoms with Gasteiger partial charge in [0.15, 0.2) is 12.0 Å². The lowest BCUT2D eigenvalue weighted by Gasteiger charge is -2.12. The summed E-state index contributed by atoms with van der Waals surface area (Å²) >= 11 is 0. The van der Waals surface area contributed by atoms with Crippen molar-refractivity contribution in [3.8, 4) is 5.75 Å². The maximum atomic E-state index is 12.7. The van der Waals surface area contributed by atoms with Gasteiger partial charge in [-0.1, -0.05) is 6.07 Å². The van der Waals surface area contributed by atoms with Crippen LogP contribution < -0.4 is 20.2 Å². The Labute approximate surface area is 202 Å². The number of carbonyl (C=O) groups is 1. The summed E-state index contributed by atoms with van der Waals surface area (Å²) in [5, 5.41) is 2.92. The van der Waals surface area contributed by atoms with Crippen molar-refractivity contribution in [2.45, 2.75) is 11.1 Å². The van der Waals surface area contributed by atoms with Gasteiger partial charge < -0.3 is 14.5 Å². The van der Waals surface area contributed by atoms with Crippen molar-refractivity contribution < 1.29 is 35.5 Å². The van der Waals surface area contributed by atoms with Gasteiger partial charge >= 0.3 is 6.18 Å². The van der Waals surface area contributed by atoms with Crippen molar-refractivity contribution >= 4 is 38.3 Å². The third-order valence-electron chi connectivity index (χ3n) is 4.89. The molecule has 12 heteroatoms. The summed E-state index contributed by atoms with van der Waals surface area (Å²) in [6.45, 7) is -0.385. The summed E-state index contributed by atoms with van der Waals surface area (Å²) in [5.74, 6) is -0.252. The fourth-order valence-corrected chi connectivity index (χ4v) is 4.25. The third kappa shape index (κ3) is 5.84. The quantitative estimate of drug-likeness (QED) is 0.369. The number of amides is 1. The minimum Gasteiger partial charge on any atom is -0.484 e. The molecule has 0 spiro atoms. The molecule has 4 rings (SSSR count). The van der Waals surface area contributed by atoms with Crippen LogP contribution in [-0.2, 0) is 21.0 Å². The van der Waals surface area contributed by atoms with Crippen molar-refractivity contribution in [3.63, 3.8) is 0 Å². The number of carbonyl (C=O) groups excluding carboxylic acids is 1. The second-order valence-corrected chi connectivity index (χ2v) is 9.17. The van der Waals surface area contributed by atoms with Crippen LogP contribution in [0.5, 0.6) is 5.75 Å². The molecule has 0 radical (unpaired) electrons.